The molecule has 28 heavy (non-hydrogen) atoms. The minimum atomic E-state index is -3.86. The molecule has 0 aliphatic carbocycles. The van der Waals surface area contributed by atoms with Gasteiger partial charge in [-0.3, -0.25) is 10.1 Å². The largest absolute Gasteiger partial charge is 0.449 e. The summed E-state index contributed by atoms with van der Waals surface area (Å²) in [7, 11) is -1.96. The summed E-state index contributed by atoms with van der Waals surface area (Å²) in [6.07, 6.45) is 0. The van der Waals surface area contributed by atoms with E-state index in [0.29, 0.717) is 26.2 Å². The number of piperazine rings is 1. The number of halogens is 2. The van der Waals surface area contributed by atoms with Crippen molar-refractivity contribution in [3.63, 3.8) is 0 Å². The standard InChI is InChI=1S/C17H17BrFN3O5S/c1-20-6-8-21(9-7-20)28(25,26)13-3-5-17(15(11-13)22(23)24)27-16-4-2-12(19)10-14(16)18/h2-5,10-11H,6-9H2,1H3. The summed E-state index contributed by atoms with van der Waals surface area (Å²) in [6, 6.07) is 7.12. The fraction of sp³-hybridized carbons (Fsp3) is 0.294. The molecule has 1 aliphatic rings. The summed E-state index contributed by atoms with van der Waals surface area (Å²) in [4.78, 5) is 12.6. The third-order valence-corrected chi connectivity index (χ3v) is 6.86. The van der Waals surface area contributed by atoms with Crippen molar-refractivity contribution in [3.8, 4) is 11.5 Å². The highest BCUT2D eigenvalue weighted by molar-refractivity contribution is 9.10. The van der Waals surface area contributed by atoms with Gasteiger partial charge < -0.3 is 9.64 Å². The number of rotatable bonds is 5. The molecule has 0 amide bonds. The van der Waals surface area contributed by atoms with Crippen LogP contribution in [-0.4, -0.2) is 55.8 Å². The molecule has 0 atom stereocenters. The Balaban J connectivity index is 1.94. The van der Waals surface area contributed by atoms with Gasteiger partial charge in [-0.15, -0.1) is 0 Å². The molecular weight excluding hydrogens is 457 g/mol. The van der Waals surface area contributed by atoms with Crippen LogP contribution < -0.4 is 4.74 Å². The maximum Gasteiger partial charge on any atom is 0.312 e. The maximum atomic E-state index is 13.2. The van der Waals surface area contributed by atoms with Gasteiger partial charge in [-0.25, -0.2) is 12.8 Å². The van der Waals surface area contributed by atoms with Crippen molar-refractivity contribution in [1.29, 1.82) is 0 Å². The zero-order valence-electron chi connectivity index (χ0n) is 14.8. The van der Waals surface area contributed by atoms with E-state index in [1.165, 1.54) is 22.5 Å². The van der Waals surface area contributed by atoms with Crippen LogP contribution in [0.4, 0.5) is 10.1 Å². The zero-order chi connectivity index (χ0) is 20.5. The molecule has 3 rings (SSSR count). The molecule has 0 radical (unpaired) electrons. The van der Waals surface area contributed by atoms with Crippen molar-refractivity contribution in [1.82, 2.24) is 9.21 Å². The maximum absolute atomic E-state index is 13.2. The molecule has 0 saturated carbocycles. The van der Waals surface area contributed by atoms with Crippen LogP contribution >= 0.6 is 15.9 Å². The van der Waals surface area contributed by atoms with E-state index in [4.69, 9.17) is 4.74 Å². The first-order valence-corrected chi connectivity index (χ1v) is 10.5. The predicted octanol–water partition coefficient (Wildman–Crippen LogP) is 3.22. The number of hydrogen-bond acceptors (Lipinski definition) is 6. The van der Waals surface area contributed by atoms with Crippen molar-refractivity contribution in [3.05, 3.63) is 56.8 Å². The lowest BCUT2D eigenvalue weighted by molar-refractivity contribution is -0.385. The average Bonchev–Trinajstić information content (AvgIpc) is 2.64. The van der Waals surface area contributed by atoms with Gasteiger partial charge >= 0.3 is 5.69 Å². The first-order valence-electron chi connectivity index (χ1n) is 8.28. The summed E-state index contributed by atoms with van der Waals surface area (Å²) in [5.41, 5.74) is -0.494. The lowest BCUT2D eigenvalue weighted by atomic mass is 10.3. The number of benzene rings is 2. The van der Waals surface area contributed by atoms with E-state index in [9.17, 15) is 22.9 Å². The van der Waals surface area contributed by atoms with Gasteiger partial charge in [0.2, 0.25) is 15.8 Å². The first-order chi connectivity index (χ1) is 13.2. The number of nitro benzene ring substituents is 1. The third kappa shape index (κ3) is 4.32. The Kier molecular flexibility index (Phi) is 5.98. The van der Waals surface area contributed by atoms with Gasteiger partial charge in [-0.2, -0.15) is 4.31 Å². The monoisotopic (exact) mass is 473 g/mol. The highest BCUT2D eigenvalue weighted by atomic mass is 79.9. The molecular formula is C17H17BrFN3O5S. The summed E-state index contributed by atoms with van der Waals surface area (Å²) >= 11 is 3.13. The number of hydrogen-bond donors (Lipinski definition) is 0. The molecule has 1 fully saturated rings. The van der Waals surface area contributed by atoms with Gasteiger partial charge in [-0.05, 0) is 53.3 Å². The minimum absolute atomic E-state index is 0.144. The normalized spacial score (nSPS) is 16.1. The number of ether oxygens (including phenoxy) is 1. The van der Waals surface area contributed by atoms with Gasteiger partial charge in [0, 0.05) is 32.2 Å². The molecule has 150 valence electrons. The number of likely N-dealkylation sites (N-methyl/N-ethyl adjacent to an activating group) is 1. The fourth-order valence-electron chi connectivity index (χ4n) is 2.74. The molecule has 1 saturated heterocycles. The molecule has 0 unspecified atom stereocenters. The molecule has 1 heterocycles. The molecule has 0 spiro atoms. The van der Waals surface area contributed by atoms with Crippen molar-refractivity contribution in [2.75, 3.05) is 33.2 Å². The Hall–Kier alpha value is -2.08. The molecule has 2 aromatic carbocycles. The van der Waals surface area contributed by atoms with Crippen LogP contribution in [0.15, 0.2) is 45.8 Å². The summed E-state index contributed by atoms with van der Waals surface area (Å²) in [5, 5.41) is 11.5. The predicted molar refractivity (Wildman–Crippen MR) is 104 cm³/mol. The van der Waals surface area contributed by atoms with E-state index in [1.54, 1.807) is 0 Å². The van der Waals surface area contributed by atoms with Gasteiger partial charge in [0.15, 0.2) is 0 Å². The number of sulfonamides is 1. The van der Waals surface area contributed by atoms with E-state index in [0.717, 1.165) is 18.2 Å². The minimum Gasteiger partial charge on any atom is -0.449 e. The van der Waals surface area contributed by atoms with E-state index >= 15 is 0 Å². The molecule has 2 aromatic rings. The SMILES string of the molecule is CN1CCN(S(=O)(=O)c2ccc(Oc3ccc(F)cc3Br)c([N+](=O)[O-])c2)CC1. The Morgan fingerprint density at radius 3 is 2.36 bits per heavy atom. The summed E-state index contributed by atoms with van der Waals surface area (Å²) in [6.45, 7) is 1.79. The van der Waals surface area contributed by atoms with E-state index < -0.39 is 26.5 Å². The second-order valence-corrected chi connectivity index (χ2v) is 9.06. The molecule has 0 aromatic heterocycles. The quantitative estimate of drug-likeness (QED) is 0.488. The molecule has 0 N–H and O–H groups in total. The molecule has 1 aliphatic heterocycles. The Bertz CT molecular complexity index is 1010. The zero-order valence-corrected chi connectivity index (χ0v) is 17.2. The van der Waals surface area contributed by atoms with Gasteiger partial charge in [0.1, 0.15) is 11.6 Å². The Morgan fingerprint density at radius 2 is 1.75 bits per heavy atom. The Labute approximate surface area is 169 Å². The van der Waals surface area contributed by atoms with E-state index in [-0.39, 0.29) is 20.9 Å². The van der Waals surface area contributed by atoms with Crippen molar-refractivity contribution in [2.24, 2.45) is 0 Å². The van der Waals surface area contributed by atoms with E-state index in [2.05, 4.69) is 15.9 Å². The molecule has 11 heteroatoms. The van der Waals surface area contributed by atoms with Crippen molar-refractivity contribution in [2.45, 2.75) is 4.90 Å². The first kappa shape index (κ1) is 20.6. The second-order valence-electron chi connectivity index (χ2n) is 6.27. The molecule has 8 nitrogen and oxygen atoms in total. The van der Waals surface area contributed by atoms with Gasteiger partial charge in [0.05, 0.1) is 14.3 Å². The van der Waals surface area contributed by atoms with Gasteiger partial charge in [-0.1, -0.05) is 0 Å². The van der Waals surface area contributed by atoms with Crippen LogP contribution in [0.2, 0.25) is 0 Å². The van der Waals surface area contributed by atoms with Crippen LogP contribution in [0, 0.1) is 15.9 Å². The van der Waals surface area contributed by atoms with Crippen molar-refractivity contribution >= 4 is 31.6 Å². The van der Waals surface area contributed by atoms with E-state index in [1.807, 2.05) is 11.9 Å². The smallest absolute Gasteiger partial charge is 0.312 e. The lowest BCUT2D eigenvalue weighted by Crippen LogP contribution is -2.47. The van der Waals surface area contributed by atoms with Crippen LogP contribution in [0.5, 0.6) is 11.5 Å². The third-order valence-electron chi connectivity index (χ3n) is 4.34. The Morgan fingerprint density at radius 1 is 1.11 bits per heavy atom. The van der Waals surface area contributed by atoms with Crippen LogP contribution in [0.25, 0.3) is 0 Å². The van der Waals surface area contributed by atoms with Crippen LogP contribution in [-0.2, 0) is 10.0 Å². The van der Waals surface area contributed by atoms with Crippen molar-refractivity contribution < 1.29 is 22.5 Å². The summed E-state index contributed by atoms with van der Waals surface area (Å²) in [5.74, 6) is -0.476. The fourth-order valence-corrected chi connectivity index (χ4v) is 4.62. The topological polar surface area (TPSA) is 93.0 Å². The summed E-state index contributed by atoms with van der Waals surface area (Å²) < 4.78 is 46.0. The van der Waals surface area contributed by atoms with Gasteiger partial charge in [0.25, 0.3) is 0 Å². The second kappa shape index (κ2) is 8.11. The molecule has 0 bridgehead atoms. The lowest BCUT2D eigenvalue weighted by Gasteiger charge is -2.31. The average molecular weight is 474 g/mol. The highest BCUT2D eigenvalue weighted by Crippen LogP contribution is 2.37. The van der Waals surface area contributed by atoms with Crippen LogP contribution in [0.3, 0.4) is 0 Å². The number of nitro groups is 1. The highest BCUT2D eigenvalue weighted by Gasteiger charge is 2.30. The number of nitrogens with zero attached hydrogens (tertiary/aromatic N) is 3. The van der Waals surface area contributed by atoms with Crippen LogP contribution in [0.1, 0.15) is 0 Å².